The number of thioether (sulfide) groups is 1. The van der Waals surface area contributed by atoms with Crippen molar-refractivity contribution in [2.45, 2.75) is 37.4 Å². The Bertz CT molecular complexity index is 904. The van der Waals surface area contributed by atoms with Crippen molar-refractivity contribution in [2.75, 3.05) is 25.3 Å². The van der Waals surface area contributed by atoms with E-state index in [2.05, 4.69) is 15.5 Å². The van der Waals surface area contributed by atoms with Crippen molar-refractivity contribution in [1.29, 1.82) is 0 Å². The number of methoxy groups -OCH3 is 2. The molecule has 1 aromatic heterocycles. The summed E-state index contributed by atoms with van der Waals surface area (Å²) in [6.45, 7) is 2.76. The second-order valence-electron chi connectivity index (χ2n) is 6.48. The van der Waals surface area contributed by atoms with Crippen LogP contribution >= 0.6 is 11.8 Å². The normalized spacial score (nSPS) is 13.1. The number of hydrogen-bond donors (Lipinski definition) is 1. The van der Waals surface area contributed by atoms with Crippen molar-refractivity contribution < 1.29 is 23.9 Å². The topological polar surface area (TPSA) is 112 Å². The predicted octanol–water partition coefficient (Wildman–Crippen LogP) is 2.48. The molecule has 0 bridgehead atoms. The van der Waals surface area contributed by atoms with Gasteiger partial charge in [-0.2, -0.15) is 0 Å². The molecule has 1 aromatic carbocycles. The first kappa shape index (κ1) is 20.8. The van der Waals surface area contributed by atoms with Gasteiger partial charge in [0, 0.05) is 18.2 Å². The van der Waals surface area contributed by atoms with E-state index in [-0.39, 0.29) is 22.8 Å². The van der Waals surface area contributed by atoms with E-state index < -0.39 is 11.9 Å². The Balaban J connectivity index is 1.70. The second-order valence-corrected chi connectivity index (χ2v) is 7.42. The molecule has 1 aliphatic rings. The van der Waals surface area contributed by atoms with Gasteiger partial charge in [0.05, 0.1) is 31.1 Å². The van der Waals surface area contributed by atoms with E-state index in [0.29, 0.717) is 16.8 Å². The lowest BCUT2D eigenvalue weighted by molar-refractivity contribution is -0.113. The number of rotatable bonds is 8. The smallest absolute Gasteiger partial charge is 0.337 e. The minimum Gasteiger partial charge on any atom is -0.465 e. The van der Waals surface area contributed by atoms with Gasteiger partial charge in [0.1, 0.15) is 5.82 Å². The number of carbonyl (C=O) groups excluding carboxylic acids is 3. The number of anilines is 1. The average Bonchev–Trinajstić information content (AvgIpc) is 3.50. The Hall–Kier alpha value is -2.88. The molecule has 1 fully saturated rings. The van der Waals surface area contributed by atoms with Crippen LogP contribution in [-0.4, -0.2) is 52.6 Å². The van der Waals surface area contributed by atoms with Gasteiger partial charge in [-0.05, 0) is 38.0 Å². The summed E-state index contributed by atoms with van der Waals surface area (Å²) in [7, 11) is 2.48. The summed E-state index contributed by atoms with van der Waals surface area (Å²) >= 11 is 1.29. The molecule has 9 nitrogen and oxygen atoms in total. The molecule has 29 heavy (non-hydrogen) atoms. The second kappa shape index (κ2) is 9.08. The Morgan fingerprint density at radius 3 is 2.24 bits per heavy atom. The van der Waals surface area contributed by atoms with Gasteiger partial charge in [-0.15, -0.1) is 10.2 Å². The molecular weight excluding hydrogens is 396 g/mol. The molecule has 0 radical (unpaired) electrons. The zero-order chi connectivity index (χ0) is 21.0. The third-order valence-corrected chi connectivity index (χ3v) is 5.36. The van der Waals surface area contributed by atoms with Gasteiger partial charge < -0.3 is 19.4 Å². The molecule has 0 spiro atoms. The van der Waals surface area contributed by atoms with Crippen molar-refractivity contribution in [3.63, 3.8) is 0 Å². The van der Waals surface area contributed by atoms with Crippen LogP contribution in [-0.2, 0) is 20.8 Å². The van der Waals surface area contributed by atoms with E-state index in [9.17, 15) is 14.4 Å². The number of benzene rings is 1. The molecular formula is C19H22N4O5S. The number of hydrogen-bond acceptors (Lipinski definition) is 8. The molecule has 2 aromatic rings. The largest absolute Gasteiger partial charge is 0.465 e. The maximum absolute atomic E-state index is 12.4. The molecule has 1 aliphatic carbocycles. The minimum absolute atomic E-state index is 0.110. The Morgan fingerprint density at radius 2 is 1.72 bits per heavy atom. The molecule has 1 heterocycles. The van der Waals surface area contributed by atoms with Gasteiger partial charge in [0.2, 0.25) is 5.91 Å². The van der Waals surface area contributed by atoms with Gasteiger partial charge >= 0.3 is 11.9 Å². The lowest BCUT2D eigenvalue weighted by Crippen LogP contribution is -2.16. The zero-order valence-corrected chi connectivity index (χ0v) is 17.2. The molecule has 1 amide bonds. The number of esters is 2. The number of amides is 1. The highest BCUT2D eigenvalue weighted by atomic mass is 32.2. The molecule has 3 rings (SSSR count). The summed E-state index contributed by atoms with van der Waals surface area (Å²) in [4.78, 5) is 36.1. The van der Waals surface area contributed by atoms with E-state index in [1.165, 1.54) is 44.2 Å². The maximum Gasteiger partial charge on any atom is 0.337 e. The summed E-state index contributed by atoms with van der Waals surface area (Å²) in [5, 5.41) is 11.8. The third-order valence-electron chi connectivity index (χ3n) is 4.40. The van der Waals surface area contributed by atoms with Gasteiger partial charge in [0.15, 0.2) is 5.16 Å². The molecule has 0 aliphatic heterocycles. The fourth-order valence-electron chi connectivity index (χ4n) is 2.85. The van der Waals surface area contributed by atoms with E-state index in [0.717, 1.165) is 25.2 Å². The van der Waals surface area contributed by atoms with Crippen LogP contribution in [0.4, 0.5) is 5.69 Å². The van der Waals surface area contributed by atoms with Crippen LogP contribution in [0.25, 0.3) is 0 Å². The number of carbonyl (C=O) groups is 3. The quantitative estimate of drug-likeness (QED) is 0.514. The van der Waals surface area contributed by atoms with Crippen LogP contribution in [0.15, 0.2) is 23.4 Å². The zero-order valence-electron chi connectivity index (χ0n) is 16.4. The van der Waals surface area contributed by atoms with Crippen molar-refractivity contribution in [2.24, 2.45) is 0 Å². The van der Waals surface area contributed by atoms with Crippen molar-refractivity contribution in [3.05, 3.63) is 35.2 Å². The first-order valence-electron chi connectivity index (χ1n) is 9.14. The van der Waals surface area contributed by atoms with Gasteiger partial charge in [-0.3, -0.25) is 4.79 Å². The van der Waals surface area contributed by atoms with Crippen molar-refractivity contribution >= 4 is 35.3 Å². The lowest BCUT2D eigenvalue weighted by Gasteiger charge is -2.10. The van der Waals surface area contributed by atoms with Gasteiger partial charge in [-0.25, -0.2) is 9.59 Å². The van der Waals surface area contributed by atoms with E-state index in [1.54, 1.807) is 0 Å². The standard InChI is InChI=1S/C19H22N4O5S/c1-4-23-16(11-5-6-11)21-22-19(23)29-10-15(24)20-14-8-12(17(25)27-2)7-13(9-14)18(26)28-3/h7-9,11H,4-6,10H2,1-3H3,(H,20,24). The molecule has 0 atom stereocenters. The average molecular weight is 418 g/mol. The summed E-state index contributed by atoms with van der Waals surface area (Å²) in [6, 6.07) is 4.24. The molecule has 1 N–H and O–H groups in total. The fraction of sp³-hybridized carbons (Fsp3) is 0.421. The maximum atomic E-state index is 12.4. The monoisotopic (exact) mass is 418 g/mol. The SMILES string of the molecule is CCn1c(SCC(=O)Nc2cc(C(=O)OC)cc(C(=O)OC)c2)nnc1C1CC1. The molecule has 0 saturated heterocycles. The summed E-state index contributed by atoms with van der Waals surface area (Å²) in [5.41, 5.74) is 0.575. The Morgan fingerprint density at radius 1 is 1.10 bits per heavy atom. The van der Waals surface area contributed by atoms with E-state index >= 15 is 0 Å². The van der Waals surface area contributed by atoms with Crippen LogP contribution in [0.3, 0.4) is 0 Å². The van der Waals surface area contributed by atoms with Crippen LogP contribution in [0, 0.1) is 0 Å². The Labute approximate surface area is 172 Å². The lowest BCUT2D eigenvalue weighted by atomic mass is 10.1. The van der Waals surface area contributed by atoms with Gasteiger partial charge in [-0.1, -0.05) is 11.8 Å². The summed E-state index contributed by atoms with van der Waals surface area (Å²) < 4.78 is 11.4. The third kappa shape index (κ3) is 4.94. The van der Waals surface area contributed by atoms with Crippen molar-refractivity contribution in [1.82, 2.24) is 14.8 Å². The highest BCUT2D eigenvalue weighted by Crippen LogP contribution is 2.39. The fourth-order valence-corrected chi connectivity index (χ4v) is 3.66. The first-order chi connectivity index (χ1) is 14.0. The molecule has 154 valence electrons. The van der Waals surface area contributed by atoms with E-state index in [4.69, 9.17) is 9.47 Å². The number of nitrogens with zero attached hydrogens (tertiary/aromatic N) is 3. The van der Waals surface area contributed by atoms with Crippen LogP contribution in [0.2, 0.25) is 0 Å². The van der Waals surface area contributed by atoms with Gasteiger partial charge in [0.25, 0.3) is 0 Å². The van der Waals surface area contributed by atoms with E-state index in [1.807, 2.05) is 11.5 Å². The Kier molecular flexibility index (Phi) is 6.53. The molecule has 0 unspecified atom stereocenters. The van der Waals surface area contributed by atoms with Crippen LogP contribution in [0.1, 0.15) is 52.2 Å². The van der Waals surface area contributed by atoms with Crippen LogP contribution in [0.5, 0.6) is 0 Å². The first-order valence-corrected chi connectivity index (χ1v) is 10.1. The highest BCUT2D eigenvalue weighted by Gasteiger charge is 2.30. The summed E-state index contributed by atoms with van der Waals surface area (Å²) in [6.07, 6.45) is 2.25. The minimum atomic E-state index is -0.621. The summed E-state index contributed by atoms with van der Waals surface area (Å²) in [5.74, 6) is 0.0195. The number of aromatic nitrogens is 3. The highest BCUT2D eigenvalue weighted by molar-refractivity contribution is 7.99. The number of nitrogens with one attached hydrogen (secondary N) is 1. The predicted molar refractivity (Wildman–Crippen MR) is 106 cm³/mol. The van der Waals surface area contributed by atoms with Crippen LogP contribution < -0.4 is 5.32 Å². The molecule has 1 saturated carbocycles. The van der Waals surface area contributed by atoms with Crippen molar-refractivity contribution in [3.8, 4) is 0 Å². The molecule has 10 heteroatoms. The number of ether oxygens (including phenoxy) is 2.